The summed E-state index contributed by atoms with van der Waals surface area (Å²) in [6.45, 7) is 6.31. The first-order valence-electron chi connectivity index (χ1n) is 8.71. The first kappa shape index (κ1) is 18.3. The number of rotatable bonds is 7. The number of anilines is 2. The fourth-order valence-electron chi connectivity index (χ4n) is 2.80. The van der Waals surface area contributed by atoms with Crippen molar-refractivity contribution in [1.82, 2.24) is 4.90 Å². The van der Waals surface area contributed by atoms with E-state index >= 15 is 0 Å². The van der Waals surface area contributed by atoms with Crippen molar-refractivity contribution in [2.75, 3.05) is 24.3 Å². The second kappa shape index (κ2) is 7.69. The molecule has 1 fully saturated rings. The summed E-state index contributed by atoms with van der Waals surface area (Å²) in [5.74, 6) is 0.348. The van der Waals surface area contributed by atoms with Crippen LogP contribution in [-0.4, -0.2) is 36.9 Å². The van der Waals surface area contributed by atoms with E-state index < -0.39 is 0 Å². The summed E-state index contributed by atoms with van der Waals surface area (Å²) in [6, 6.07) is 6.11. The molecule has 0 saturated heterocycles. The molecule has 1 aliphatic carbocycles. The highest BCUT2D eigenvalue weighted by atomic mass is 16.2. The Bertz CT molecular complexity index is 609. The van der Waals surface area contributed by atoms with Gasteiger partial charge in [-0.3, -0.25) is 9.59 Å². The van der Waals surface area contributed by atoms with Crippen LogP contribution in [0, 0.1) is 5.92 Å². The molecule has 132 valence electrons. The predicted octanol–water partition coefficient (Wildman–Crippen LogP) is 3.25. The van der Waals surface area contributed by atoms with Crippen molar-refractivity contribution in [2.24, 2.45) is 5.92 Å². The summed E-state index contributed by atoms with van der Waals surface area (Å²) in [6.07, 6.45) is 2.89. The van der Waals surface area contributed by atoms with Gasteiger partial charge in [0.1, 0.15) is 0 Å². The van der Waals surface area contributed by atoms with Crippen LogP contribution in [0.4, 0.5) is 11.4 Å². The van der Waals surface area contributed by atoms with Crippen LogP contribution in [0.15, 0.2) is 18.2 Å². The molecule has 0 radical (unpaired) electrons. The van der Waals surface area contributed by atoms with Gasteiger partial charge in [0.05, 0.1) is 0 Å². The molecule has 0 aliphatic heterocycles. The summed E-state index contributed by atoms with van der Waals surface area (Å²) in [4.78, 5) is 28.0. The van der Waals surface area contributed by atoms with E-state index in [1.165, 1.54) is 0 Å². The van der Waals surface area contributed by atoms with Crippen molar-refractivity contribution in [3.63, 3.8) is 0 Å². The lowest BCUT2D eigenvalue weighted by molar-refractivity contribution is -0.131. The van der Waals surface area contributed by atoms with Crippen molar-refractivity contribution < 1.29 is 9.59 Å². The molecule has 2 amide bonds. The maximum atomic E-state index is 12.0. The fraction of sp³-hybridized carbons (Fsp3) is 0.579. The van der Waals surface area contributed by atoms with Gasteiger partial charge in [-0.1, -0.05) is 6.92 Å². The van der Waals surface area contributed by atoms with Crippen LogP contribution >= 0.6 is 0 Å². The number of amides is 2. The van der Waals surface area contributed by atoms with E-state index in [-0.39, 0.29) is 23.8 Å². The average Bonchev–Trinajstić information content (AvgIpc) is 3.36. The molecule has 0 bridgehead atoms. The standard InChI is InChI=1S/C19H29N3O2/c1-6-13(2)22(14(3)23)12-16-11-17(9-10-18(16)21(4)5)20-19(24)15-7-8-15/h9-11,13,15H,6-8,12H2,1-5H3,(H,20,24). The molecule has 0 spiro atoms. The molecule has 1 saturated carbocycles. The number of carbonyl (C=O) groups excluding carboxylic acids is 2. The maximum absolute atomic E-state index is 12.0. The van der Waals surface area contributed by atoms with Crippen molar-refractivity contribution >= 4 is 23.2 Å². The van der Waals surface area contributed by atoms with Crippen LogP contribution in [0.25, 0.3) is 0 Å². The molecule has 1 unspecified atom stereocenters. The molecular weight excluding hydrogens is 302 g/mol. The molecule has 1 aromatic carbocycles. The monoisotopic (exact) mass is 331 g/mol. The number of nitrogens with zero attached hydrogens (tertiary/aromatic N) is 2. The molecule has 2 rings (SSSR count). The SMILES string of the molecule is CCC(C)N(Cc1cc(NC(=O)C2CC2)ccc1N(C)C)C(C)=O. The third-order valence-electron chi connectivity index (χ3n) is 4.65. The van der Waals surface area contributed by atoms with E-state index in [4.69, 9.17) is 0 Å². The van der Waals surface area contributed by atoms with Crippen molar-refractivity contribution in [2.45, 2.75) is 52.6 Å². The Morgan fingerprint density at radius 2 is 1.96 bits per heavy atom. The Labute approximate surface area is 145 Å². The lowest BCUT2D eigenvalue weighted by Crippen LogP contribution is -2.36. The number of nitrogens with one attached hydrogen (secondary N) is 1. The minimum absolute atomic E-state index is 0.0708. The highest BCUT2D eigenvalue weighted by molar-refractivity contribution is 5.94. The Balaban J connectivity index is 2.26. The van der Waals surface area contributed by atoms with Crippen LogP contribution in [0.2, 0.25) is 0 Å². The van der Waals surface area contributed by atoms with Gasteiger partial charge in [0.25, 0.3) is 0 Å². The normalized spacial score (nSPS) is 14.9. The maximum Gasteiger partial charge on any atom is 0.227 e. The van der Waals surface area contributed by atoms with Crippen LogP contribution in [-0.2, 0) is 16.1 Å². The van der Waals surface area contributed by atoms with Crippen molar-refractivity contribution in [1.29, 1.82) is 0 Å². The minimum atomic E-state index is 0.0708. The first-order chi connectivity index (χ1) is 11.3. The van der Waals surface area contributed by atoms with E-state index in [1.807, 2.05) is 42.1 Å². The van der Waals surface area contributed by atoms with Gasteiger partial charge in [0.2, 0.25) is 11.8 Å². The summed E-state index contributed by atoms with van der Waals surface area (Å²) < 4.78 is 0. The van der Waals surface area contributed by atoms with E-state index in [2.05, 4.69) is 19.2 Å². The zero-order chi connectivity index (χ0) is 17.9. The van der Waals surface area contributed by atoms with Gasteiger partial charge in [0.15, 0.2) is 0 Å². The third-order valence-corrected chi connectivity index (χ3v) is 4.65. The highest BCUT2D eigenvalue weighted by Crippen LogP contribution is 2.31. The molecule has 24 heavy (non-hydrogen) atoms. The summed E-state index contributed by atoms with van der Waals surface area (Å²) >= 11 is 0. The second-order valence-corrected chi connectivity index (χ2v) is 6.91. The lowest BCUT2D eigenvalue weighted by Gasteiger charge is -2.29. The summed E-state index contributed by atoms with van der Waals surface area (Å²) in [5, 5.41) is 3.00. The average molecular weight is 331 g/mol. The van der Waals surface area contributed by atoms with Gasteiger partial charge in [-0.25, -0.2) is 0 Å². The zero-order valence-electron chi connectivity index (χ0n) is 15.4. The van der Waals surface area contributed by atoms with Gasteiger partial charge in [-0.2, -0.15) is 0 Å². The number of hydrogen-bond donors (Lipinski definition) is 1. The van der Waals surface area contributed by atoms with E-state index in [0.717, 1.165) is 36.2 Å². The predicted molar refractivity (Wildman–Crippen MR) is 98.1 cm³/mol. The zero-order valence-corrected chi connectivity index (χ0v) is 15.4. The van der Waals surface area contributed by atoms with Gasteiger partial charge in [-0.15, -0.1) is 0 Å². The molecule has 0 heterocycles. The quantitative estimate of drug-likeness (QED) is 0.834. The molecule has 1 aromatic rings. The Morgan fingerprint density at radius 3 is 2.46 bits per heavy atom. The molecule has 1 atom stereocenters. The minimum Gasteiger partial charge on any atom is -0.377 e. The van der Waals surface area contributed by atoms with Crippen LogP contribution in [0.1, 0.15) is 45.6 Å². The van der Waals surface area contributed by atoms with Crippen LogP contribution in [0.3, 0.4) is 0 Å². The van der Waals surface area contributed by atoms with Gasteiger partial charge in [-0.05, 0) is 49.9 Å². The molecule has 0 aromatic heterocycles. The van der Waals surface area contributed by atoms with Crippen molar-refractivity contribution in [3.05, 3.63) is 23.8 Å². The third kappa shape index (κ3) is 4.49. The Kier molecular flexibility index (Phi) is 5.86. The molecule has 1 aliphatic rings. The number of carbonyl (C=O) groups is 2. The molecule has 5 nitrogen and oxygen atoms in total. The first-order valence-corrected chi connectivity index (χ1v) is 8.71. The van der Waals surface area contributed by atoms with Gasteiger partial charge in [0, 0.05) is 50.9 Å². The number of benzene rings is 1. The molecule has 1 N–H and O–H groups in total. The van der Waals surface area contributed by atoms with E-state index in [1.54, 1.807) is 6.92 Å². The number of hydrogen-bond acceptors (Lipinski definition) is 3. The summed E-state index contributed by atoms with van der Waals surface area (Å²) in [5.41, 5.74) is 2.92. The topological polar surface area (TPSA) is 52.7 Å². The highest BCUT2D eigenvalue weighted by Gasteiger charge is 2.29. The Hall–Kier alpha value is -2.04. The van der Waals surface area contributed by atoms with E-state index in [9.17, 15) is 9.59 Å². The Morgan fingerprint density at radius 1 is 1.29 bits per heavy atom. The smallest absolute Gasteiger partial charge is 0.227 e. The molecule has 5 heteroatoms. The van der Waals surface area contributed by atoms with Crippen LogP contribution < -0.4 is 10.2 Å². The van der Waals surface area contributed by atoms with Gasteiger partial charge >= 0.3 is 0 Å². The molecular formula is C19H29N3O2. The fourth-order valence-corrected chi connectivity index (χ4v) is 2.80. The second-order valence-electron chi connectivity index (χ2n) is 6.91. The van der Waals surface area contributed by atoms with Crippen LogP contribution in [0.5, 0.6) is 0 Å². The van der Waals surface area contributed by atoms with Gasteiger partial charge < -0.3 is 15.1 Å². The summed E-state index contributed by atoms with van der Waals surface area (Å²) in [7, 11) is 3.98. The largest absolute Gasteiger partial charge is 0.377 e. The van der Waals surface area contributed by atoms with E-state index in [0.29, 0.717) is 6.54 Å². The van der Waals surface area contributed by atoms with Crippen molar-refractivity contribution in [3.8, 4) is 0 Å². The lowest BCUT2D eigenvalue weighted by atomic mass is 10.1.